The Morgan fingerprint density at radius 2 is 1.66 bits per heavy atom. The van der Waals surface area contributed by atoms with Crippen LogP contribution in [0.3, 0.4) is 0 Å². The van der Waals surface area contributed by atoms with Crippen LogP contribution in [-0.2, 0) is 6.54 Å². The van der Waals surface area contributed by atoms with Gasteiger partial charge in [-0.25, -0.2) is 13.6 Å². The fourth-order valence-corrected chi connectivity index (χ4v) is 5.77. The number of para-hydroxylation sites is 3. The zero-order valence-corrected chi connectivity index (χ0v) is 19.3. The summed E-state index contributed by atoms with van der Waals surface area (Å²) in [5.41, 5.74) is 4.58. The third-order valence-electron chi connectivity index (χ3n) is 7.41. The highest BCUT2D eigenvalue weighted by molar-refractivity contribution is 5.73. The minimum Gasteiger partial charge on any atom is -0.408 e. The van der Waals surface area contributed by atoms with Crippen LogP contribution in [0.15, 0.2) is 82.0 Å². The molecule has 3 unspecified atom stereocenters. The molecule has 2 aliphatic heterocycles. The number of anilines is 2. The van der Waals surface area contributed by atoms with Crippen molar-refractivity contribution >= 4 is 22.5 Å². The lowest BCUT2D eigenvalue weighted by Gasteiger charge is -2.41. The summed E-state index contributed by atoms with van der Waals surface area (Å²) in [5.74, 6) is -0.441. The summed E-state index contributed by atoms with van der Waals surface area (Å²) in [6, 6.07) is 22.1. The molecule has 3 aromatic carbocycles. The summed E-state index contributed by atoms with van der Waals surface area (Å²) >= 11 is 0. The van der Waals surface area contributed by atoms with Crippen molar-refractivity contribution in [2.75, 3.05) is 18.0 Å². The molecule has 4 aromatic rings. The van der Waals surface area contributed by atoms with E-state index in [1.807, 2.05) is 35.2 Å². The number of aryl methyl sites for hydroxylation is 1. The Labute approximate surface area is 202 Å². The van der Waals surface area contributed by atoms with Gasteiger partial charge in [-0.2, -0.15) is 0 Å². The van der Waals surface area contributed by atoms with Crippen molar-refractivity contribution in [3.8, 4) is 0 Å². The van der Waals surface area contributed by atoms with Crippen LogP contribution < -0.4 is 10.7 Å². The predicted octanol–water partition coefficient (Wildman–Crippen LogP) is 5.82. The first kappa shape index (κ1) is 22.0. The Kier molecular flexibility index (Phi) is 5.65. The molecular formula is C28H27F2N3O2. The first-order valence-corrected chi connectivity index (χ1v) is 12.2. The Balaban J connectivity index is 1.15. The highest BCUT2D eigenvalue weighted by atomic mass is 19.1. The predicted molar refractivity (Wildman–Crippen MR) is 132 cm³/mol. The zero-order valence-electron chi connectivity index (χ0n) is 19.3. The number of fused-ring (bicyclic) bond motifs is 4. The average Bonchev–Trinajstić information content (AvgIpc) is 3.36. The molecular weight excluding hydrogens is 448 g/mol. The lowest BCUT2D eigenvalue weighted by atomic mass is 9.88. The zero-order chi connectivity index (χ0) is 23.9. The summed E-state index contributed by atoms with van der Waals surface area (Å²) in [6.45, 7) is 1.82. The van der Waals surface area contributed by atoms with Crippen LogP contribution in [0.5, 0.6) is 0 Å². The summed E-state index contributed by atoms with van der Waals surface area (Å²) in [7, 11) is 0. The normalized spacial score (nSPS) is 21.9. The van der Waals surface area contributed by atoms with Crippen LogP contribution >= 0.6 is 0 Å². The molecule has 0 radical (unpaired) electrons. The molecule has 0 amide bonds. The summed E-state index contributed by atoms with van der Waals surface area (Å²) in [4.78, 5) is 16.3. The maximum atomic E-state index is 15.4. The number of aromatic nitrogens is 1. The summed E-state index contributed by atoms with van der Waals surface area (Å²) in [5, 5.41) is 0. The number of rotatable bonds is 6. The number of oxazole rings is 1. The molecule has 180 valence electrons. The Bertz CT molecular complexity index is 1400. The molecule has 6 rings (SSSR count). The average molecular weight is 476 g/mol. The van der Waals surface area contributed by atoms with Gasteiger partial charge in [-0.1, -0.05) is 30.3 Å². The molecule has 1 saturated heterocycles. The van der Waals surface area contributed by atoms with E-state index in [0.717, 1.165) is 29.7 Å². The van der Waals surface area contributed by atoms with Gasteiger partial charge in [0.05, 0.1) is 5.52 Å². The third kappa shape index (κ3) is 3.93. The van der Waals surface area contributed by atoms with Gasteiger partial charge in [-0.15, -0.1) is 0 Å². The Hall–Kier alpha value is -3.45. The van der Waals surface area contributed by atoms with Crippen LogP contribution in [0.4, 0.5) is 20.2 Å². The molecule has 2 aliphatic rings. The highest BCUT2D eigenvalue weighted by Crippen LogP contribution is 2.49. The van der Waals surface area contributed by atoms with Gasteiger partial charge >= 0.3 is 5.76 Å². The maximum absolute atomic E-state index is 15.4. The number of hydrogen-bond acceptors (Lipinski definition) is 4. The molecule has 1 fully saturated rings. The fraction of sp³-hybridized carbons (Fsp3) is 0.321. The molecule has 1 aromatic heterocycles. The Morgan fingerprint density at radius 1 is 0.914 bits per heavy atom. The third-order valence-corrected chi connectivity index (χ3v) is 7.41. The van der Waals surface area contributed by atoms with Crippen molar-refractivity contribution in [3.63, 3.8) is 0 Å². The van der Waals surface area contributed by atoms with Gasteiger partial charge in [0.15, 0.2) is 11.9 Å². The largest absolute Gasteiger partial charge is 0.419 e. The molecule has 0 bridgehead atoms. The monoisotopic (exact) mass is 475 g/mol. The van der Waals surface area contributed by atoms with Gasteiger partial charge in [0.1, 0.15) is 5.82 Å². The van der Waals surface area contributed by atoms with E-state index in [0.29, 0.717) is 31.6 Å². The topological polar surface area (TPSA) is 41.6 Å². The number of piperidine rings is 1. The SMILES string of the molecule is O=c1oc2ccccc2n1CCCCN1CC2c3ccccc3N(c3ccc(F)cc3)C2CC1F. The first-order chi connectivity index (χ1) is 17.1. The van der Waals surface area contributed by atoms with Crippen molar-refractivity contribution in [2.24, 2.45) is 0 Å². The number of benzene rings is 3. The van der Waals surface area contributed by atoms with Crippen molar-refractivity contribution in [1.29, 1.82) is 0 Å². The molecule has 5 nitrogen and oxygen atoms in total. The second-order valence-corrected chi connectivity index (χ2v) is 9.44. The standard InChI is InChI=1S/C28H27F2N3O2/c29-19-11-13-20(14-12-19)33-23-8-2-1-7-21(23)22-18-31(27(30)17-25(22)33)15-5-6-16-32-24-9-3-4-10-26(24)35-28(32)34/h1-4,7-14,22,25,27H,5-6,15-18H2. The molecule has 7 heteroatoms. The molecule has 0 spiro atoms. The van der Waals surface area contributed by atoms with Crippen molar-refractivity contribution in [1.82, 2.24) is 9.47 Å². The fourth-order valence-electron chi connectivity index (χ4n) is 5.77. The maximum Gasteiger partial charge on any atom is 0.419 e. The lowest BCUT2D eigenvalue weighted by molar-refractivity contribution is 0.0293. The van der Waals surface area contributed by atoms with E-state index in [1.54, 1.807) is 22.8 Å². The van der Waals surface area contributed by atoms with Gasteiger partial charge in [0.2, 0.25) is 0 Å². The minimum absolute atomic E-state index is 0.0000157. The second-order valence-electron chi connectivity index (χ2n) is 9.44. The number of alkyl halides is 1. The smallest absolute Gasteiger partial charge is 0.408 e. The van der Waals surface area contributed by atoms with Crippen molar-refractivity contribution < 1.29 is 13.2 Å². The van der Waals surface area contributed by atoms with Gasteiger partial charge in [0, 0.05) is 49.4 Å². The van der Waals surface area contributed by atoms with E-state index in [2.05, 4.69) is 17.0 Å². The van der Waals surface area contributed by atoms with Crippen LogP contribution in [0.1, 0.15) is 30.7 Å². The van der Waals surface area contributed by atoms with E-state index in [1.165, 1.54) is 17.7 Å². The van der Waals surface area contributed by atoms with Gasteiger partial charge in [-0.05, 0) is 60.9 Å². The molecule has 35 heavy (non-hydrogen) atoms. The van der Waals surface area contributed by atoms with Crippen molar-refractivity contribution in [2.45, 2.75) is 44.1 Å². The lowest BCUT2D eigenvalue weighted by Crippen LogP contribution is -2.49. The summed E-state index contributed by atoms with van der Waals surface area (Å²) in [6.07, 6.45) is 0.889. The van der Waals surface area contributed by atoms with E-state index in [9.17, 15) is 9.18 Å². The van der Waals surface area contributed by atoms with E-state index < -0.39 is 6.30 Å². The molecule has 3 heterocycles. The number of nitrogens with zero attached hydrogens (tertiary/aromatic N) is 3. The molecule has 0 aliphatic carbocycles. The molecule has 0 N–H and O–H groups in total. The van der Waals surface area contributed by atoms with Gasteiger partial charge in [0.25, 0.3) is 0 Å². The van der Waals surface area contributed by atoms with E-state index in [-0.39, 0.29) is 23.5 Å². The first-order valence-electron chi connectivity index (χ1n) is 12.2. The van der Waals surface area contributed by atoms with Crippen LogP contribution in [0.2, 0.25) is 0 Å². The number of unbranched alkanes of at least 4 members (excludes halogenated alkanes) is 1. The minimum atomic E-state index is -1.05. The second kappa shape index (κ2) is 8.96. The van der Waals surface area contributed by atoms with Gasteiger partial charge < -0.3 is 9.32 Å². The number of likely N-dealkylation sites (tertiary alicyclic amines) is 1. The summed E-state index contributed by atoms with van der Waals surface area (Å²) < 4.78 is 35.9. The van der Waals surface area contributed by atoms with E-state index in [4.69, 9.17) is 4.42 Å². The van der Waals surface area contributed by atoms with Crippen LogP contribution in [0, 0.1) is 5.82 Å². The Morgan fingerprint density at radius 3 is 2.51 bits per heavy atom. The van der Waals surface area contributed by atoms with Crippen LogP contribution in [0.25, 0.3) is 11.1 Å². The van der Waals surface area contributed by atoms with E-state index >= 15 is 4.39 Å². The van der Waals surface area contributed by atoms with Gasteiger partial charge in [-0.3, -0.25) is 9.47 Å². The quantitative estimate of drug-likeness (QED) is 0.260. The number of halogens is 2. The highest BCUT2D eigenvalue weighted by Gasteiger charge is 2.45. The van der Waals surface area contributed by atoms with Crippen LogP contribution in [-0.4, -0.2) is 34.9 Å². The number of hydrogen-bond donors (Lipinski definition) is 0. The molecule has 0 saturated carbocycles. The van der Waals surface area contributed by atoms with Crippen molar-refractivity contribution in [3.05, 3.63) is 94.7 Å². The molecule has 3 atom stereocenters.